The molecule has 0 aliphatic carbocycles. The first-order chi connectivity index (χ1) is 8.15. The van der Waals surface area contributed by atoms with Crippen LogP contribution in [0.1, 0.15) is 32.4 Å². The lowest BCUT2D eigenvalue weighted by atomic mass is 10.1. The fourth-order valence-corrected chi connectivity index (χ4v) is 2.26. The van der Waals surface area contributed by atoms with Gasteiger partial charge in [-0.25, -0.2) is 9.97 Å². The van der Waals surface area contributed by atoms with Crippen LogP contribution in [0.25, 0.3) is 0 Å². The second-order valence-corrected chi connectivity index (χ2v) is 5.29. The van der Waals surface area contributed by atoms with Crippen LogP contribution in [0, 0.1) is 5.92 Å². The summed E-state index contributed by atoms with van der Waals surface area (Å²) < 4.78 is 0. The monoisotopic (exact) mass is 234 g/mol. The topological polar surface area (TPSA) is 55.0 Å². The average Bonchev–Trinajstić information content (AvgIpc) is 2.28. The summed E-state index contributed by atoms with van der Waals surface area (Å²) in [6, 6.07) is 2.27. The first kappa shape index (κ1) is 12.3. The van der Waals surface area contributed by atoms with Gasteiger partial charge in [0.25, 0.3) is 0 Å². The van der Waals surface area contributed by atoms with E-state index in [9.17, 15) is 0 Å². The fourth-order valence-electron chi connectivity index (χ4n) is 2.26. The quantitative estimate of drug-likeness (QED) is 0.863. The minimum Gasteiger partial charge on any atom is -0.339 e. The molecular formula is C13H22N4. The van der Waals surface area contributed by atoms with Gasteiger partial charge in [-0.05, 0) is 31.2 Å². The van der Waals surface area contributed by atoms with E-state index >= 15 is 0 Å². The summed E-state index contributed by atoms with van der Waals surface area (Å²) in [5.41, 5.74) is 7.11. The fraction of sp³-hybridized carbons (Fsp3) is 0.692. The molecule has 17 heavy (non-hydrogen) atoms. The second kappa shape index (κ2) is 5.45. The number of hydrogen-bond acceptors (Lipinski definition) is 4. The van der Waals surface area contributed by atoms with E-state index in [1.807, 2.05) is 12.3 Å². The van der Waals surface area contributed by atoms with Crippen LogP contribution in [-0.4, -0.2) is 29.1 Å². The normalized spacial score (nSPS) is 20.9. The second-order valence-electron chi connectivity index (χ2n) is 5.29. The van der Waals surface area contributed by atoms with Gasteiger partial charge < -0.3 is 10.6 Å². The van der Waals surface area contributed by atoms with Crippen LogP contribution < -0.4 is 10.6 Å². The largest absolute Gasteiger partial charge is 0.339 e. The number of nitrogens with zero attached hydrogens (tertiary/aromatic N) is 3. The van der Waals surface area contributed by atoms with E-state index in [-0.39, 0.29) is 6.04 Å². The standard InChI is InChI=1S/C13H22N4/c1-10(2)8-12-5-6-15-13(16-12)17-7-3-4-11(14)9-17/h5-6,10-11H,3-4,7-9,14H2,1-2H3. The molecule has 1 unspecified atom stereocenters. The van der Waals surface area contributed by atoms with E-state index < -0.39 is 0 Å². The van der Waals surface area contributed by atoms with E-state index in [1.54, 1.807) is 0 Å². The smallest absolute Gasteiger partial charge is 0.225 e. The van der Waals surface area contributed by atoms with Gasteiger partial charge in [0.15, 0.2) is 0 Å². The van der Waals surface area contributed by atoms with Crippen LogP contribution in [0.5, 0.6) is 0 Å². The van der Waals surface area contributed by atoms with Crippen molar-refractivity contribution in [3.05, 3.63) is 18.0 Å². The summed E-state index contributed by atoms with van der Waals surface area (Å²) in [4.78, 5) is 11.2. The molecule has 4 nitrogen and oxygen atoms in total. The Hall–Kier alpha value is -1.16. The Kier molecular flexibility index (Phi) is 3.94. The molecule has 2 rings (SSSR count). The third kappa shape index (κ3) is 3.40. The summed E-state index contributed by atoms with van der Waals surface area (Å²) in [6.45, 7) is 6.32. The van der Waals surface area contributed by atoms with Gasteiger partial charge >= 0.3 is 0 Å². The van der Waals surface area contributed by atoms with Crippen molar-refractivity contribution in [1.29, 1.82) is 0 Å². The zero-order valence-corrected chi connectivity index (χ0v) is 10.8. The number of rotatable bonds is 3. The molecule has 94 valence electrons. The third-order valence-corrected chi connectivity index (χ3v) is 3.06. The summed E-state index contributed by atoms with van der Waals surface area (Å²) in [7, 11) is 0. The molecule has 4 heteroatoms. The first-order valence-corrected chi connectivity index (χ1v) is 6.47. The predicted molar refractivity (Wildman–Crippen MR) is 70.0 cm³/mol. The number of aromatic nitrogens is 2. The highest BCUT2D eigenvalue weighted by Crippen LogP contribution is 2.16. The van der Waals surface area contributed by atoms with Crippen molar-refractivity contribution in [2.45, 2.75) is 39.2 Å². The van der Waals surface area contributed by atoms with Gasteiger partial charge in [0.2, 0.25) is 5.95 Å². The minimum atomic E-state index is 0.265. The van der Waals surface area contributed by atoms with E-state index in [1.165, 1.54) is 0 Å². The molecule has 1 aromatic rings. The lowest BCUT2D eigenvalue weighted by Gasteiger charge is -2.30. The van der Waals surface area contributed by atoms with E-state index in [0.717, 1.165) is 44.0 Å². The third-order valence-electron chi connectivity index (χ3n) is 3.06. The maximum atomic E-state index is 5.98. The molecule has 1 aliphatic rings. The Morgan fingerprint density at radius 1 is 1.53 bits per heavy atom. The zero-order valence-electron chi connectivity index (χ0n) is 10.8. The lowest BCUT2D eigenvalue weighted by molar-refractivity contribution is 0.498. The molecule has 0 spiro atoms. The van der Waals surface area contributed by atoms with Crippen molar-refractivity contribution in [2.75, 3.05) is 18.0 Å². The number of hydrogen-bond donors (Lipinski definition) is 1. The number of nitrogens with two attached hydrogens (primary N) is 1. The number of piperidine rings is 1. The van der Waals surface area contributed by atoms with Crippen LogP contribution in [-0.2, 0) is 6.42 Å². The van der Waals surface area contributed by atoms with E-state index in [2.05, 4.69) is 28.7 Å². The Labute approximate surface area is 103 Å². The van der Waals surface area contributed by atoms with Crippen molar-refractivity contribution < 1.29 is 0 Å². The van der Waals surface area contributed by atoms with Gasteiger partial charge in [-0.2, -0.15) is 0 Å². The maximum absolute atomic E-state index is 5.98. The molecular weight excluding hydrogens is 212 g/mol. The molecule has 0 saturated carbocycles. The highest BCUT2D eigenvalue weighted by atomic mass is 15.3. The molecule has 1 atom stereocenters. The van der Waals surface area contributed by atoms with Gasteiger partial charge in [0.05, 0.1) is 0 Å². The Balaban J connectivity index is 2.09. The molecule has 0 radical (unpaired) electrons. The highest BCUT2D eigenvalue weighted by Gasteiger charge is 2.18. The van der Waals surface area contributed by atoms with Crippen LogP contribution in [0.2, 0.25) is 0 Å². The van der Waals surface area contributed by atoms with Crippen molar-refractivity contribution in [3.8, 4) is 0 Å². The Morgan fingerprint density at radius 2 is 2.35 bits per heavy atom. The zero-order chi connectivity index (χ0) is 12.3. The summed E-state index contributed by atoms with van der Waals surface area (Å²) in [5.74, 6) is 1.47. The van der Waals surface area contributed by atoms with Crippen LogP contribution in [0.4, 0.5) is 5.95 Å². The molecule has 0 amide bonds. The van der Waals surface area contributed by atoms with Crippen LogP contribution >= 0.6 is 0 Å². The maximum Gasteiger partial charge on any atom is 0.225 e. The van der Waals surface area contributed by atoms with Gasteiger partial charge in [-0.1, -0.05) is 13.8 Å². The summed E-state index contributed by atoms with van der Waals surface area (Å²) >= 11 is 0. The average molecular weight is 234 g/mol. The molecule has 1 aliphatic heterocycles. The van der Waals surface area contributed by atoms with E-state index in [0.29, 0.717) is 5.92 Å². The van der Waals surface area contributed by atoms with Crippen molar-refractivity contribution in [1.82, 2.24) is 9.97 Å². The molecule has 2 N–H and O–H groups in total. The van der Waals surface area contributed by atoms with Gasteiger partial charge in [-0.3, -0.25) is 0 Å². The Morgan fingerprint density at radius 3 is 3.06 bits per heavy atom. The molecule has 1 aromatic heterocycles. The van der Waals surface area contributed by atoms with Crippen LogP contribution in [0.3, 0.4) is 0 Å². The van der Waals surface area contributed by atoms with E-state index in [4.69, 9.17) is 5.73 Å². The van der Waals surface area contributed by atoms with Gasteiger partial charge in [0, 0.05) is 31.0 Å². The molecule has 1 fully saturated rings. The van der Waals surface area contributed by atoms with Gasteiger partial charge in [-0.15, -0.1) is 0 Å². The minimum absolute atomic E-state index is 0.265. The summed E-state index contributed by atoms with van der Waals surface area (Å²) in [5, 5.41) is 0. The molecule has 1 saturated heterocycles. The van der Waals surface area contributed by atoms with Crippen molar-refractivity contribution >= 4 is 5.95 Å². The number of anilines is 1. The molecule has 2 heterocycles. The summed E-state index contributed by atoms with van der Waals surface area (Å²) in [6.07, 6.45) is 5.12. The lowest BCUT2D eigenvalue weighted by Crippen LogP contribution is -2.43. The first-order valence-electron chi connectivity index (χ1n) is 6.47. The van der Waals surface area contributed by atoms with Crippen LogP contribution in [0.15, 0.2) is 12.3 Å². The van der Waals surface area contributed by atoms with Crippen molar-refractivity contribution in [2.24, 2.45) is 11.7 Å². The SMILES string of the molecule is CC(C)Cc1ccnc(N2CCCC(N)C2)n1. The highest BCUT2D eigenvalue weighted by molar-refractivity contribution is 5.31. The Bertz CT molecular complexity index is 364. The molecule has 0 aromatic carbocycles. The molecule has 0 bridgehead atoms. The van der Waals surface area contributed by atoms with Crippen molar-refractivity contribution in [3.63, 3.8) is 0 Å². The predicted octanol–water partition coefficient (Wildman–Crippen LogP) is 1.60. The van der Waals surface area contributed by atoms with Gasteiger partial charge in [0.1, 0.15) is 0 Å².